The topological polar surface area (TPSA) is 9.23 Å². The number of unbranched alkanes of at least 4 members (excludes halogenated alkanes) is 2. The largest absolute Gasteiger partial charge is 0.573 e. The predicted octanol–water partition coefficient (Wildman–Crippen LogP) is 9.20. The van der Waals surface area contributed by atoms with Crippen molar-refractivity contribution >= 4 is 11.6 Å². The molecule has 0 spiro atoms. The SMILES string of the molecule is CCCCCC1CCC(c2ccc(C3=Cc4cc(F)c(OC(F)(F)F)cc4CC3)c(F)c2)CC1. The van der Waals surface area contributed by atoms with Gasteiger partial charge in [0.05, 0.1) is 0 Å². The van der Waals surface area contributed by atoms with Crippen molar-refractivity contribution < 1.29 is 26.7 Å². The molecule has 2 aromatic rings. The molecule has 0 heterocycles. The van der Waals surface area contributed by atoms with Crippen molar-refractivity contribution in [3.05, 3.63) is 64.2 Å². The monoisotopic (exact) mass is 478 g/mol. The first-order valence-electron chi connectivity index (χ1n) is 12.3. The molecule has 1 fully saturated rings. The Balaban J connectivity index is 1.46. The lowest BCUT2D eigenvalue weighted by atomic mass is 9.76. The Kier molecular flexibility index (Phi) is 7.63. The maximum atomic E-state index is 15.1. The van der Waals surface area contributed by atoms with E-state index in [9.17, 15) is 17.6 Å². The molecule has 6 heteroatoms. The second kappa shape index (κ2) is 10.5. The minimum atomic E-state index is -4.95. The summed E-state index contributed by atoms with van der Waals surface area (Å²) in [7, 11) is 0. The Morgan fingerprint density at radius 3 is 2.35 bits per heavy atom. The number of hydrogen-bond acceptors (Lipinski definition) is 1. The van der Waals surface area contributed by atoms with Gasteiger partial charge >= 0.3 is 6.36 Å². The maximum Gasteiger partial charge on any atom is 0.573 e. The molecule has 0 unspecified atom stereocenters. The molecule has 0 amide bonds. The molecule has 0 radical (unpaired) electrons. The van der Waals surface area contributed by atoms with E-state index in [1.807, 2.05) is 6.07 Å². The molecular weight excluding hydrogens is 447 g/mol. The van der Waals surface area contributed by atoms with E-state index in [2.05, 4.69) is 11.7 Å². The Bertz CT molecular complexity index is 1030. The van der Waals surface area contributed by atoms with Crippen LogP contribution in [0.3, 0.4) is 0 Å². The van der Waals surface area contributed by atoms with Gasteiger partial charge in [0, 0.05) is 5.56 Å². The van der Waals surface area contributed by atoms with Gasteiger partial charge in [0.15, 0.2) is 11.6 Å². The molecule has 1 saturated carbocycles. The highest BCUT2D eigenvalue weighted by Gasteiger charge is 2.33. The zero-order valence-corrected chi connectivity index (χ0v) is 19.5. The number of allylic oxidation sites excluding steroid dienone is 1. The van der Waals surface area contributed by atoms with Crippen LogP contribution < -0.4 is 4.74 Å². The standard InChI is InChI=1S/C28H31F5O/c1-2-3-4-5-18-6-8-19(9-7-18)20-12-13-24(25(29)15-20)22-11-10-21-17-27(34-28(31,32)33)26(30)16-23(21)14-22/h12-19H,2-11H2,1H3. The summed E-state index contributed by atoms with van der Waals surface area (Å²) in [6, 6.07) is 7.54. The van der Waals surface area contributed by atoms with Gasteiger partial charge in [-0.1, -0.05) is 50.8 Å². The van der Waals surface area contributed by atoms with Gasteiger partial charge in [-0.25, -0.2) is 8.78 Å². The second-order valence-corrected chi connectivity index (χ2v) is 9.65. The molecule has 1 nitrogen and oxygen atoms in total. The summed E-state index contributed by atoms with van der Waals surface area (Å²) < 4.78 is 70.5. The average molecular weight is 479 g/mol. The fourth-order valence-corrected chi connectivity index (χ4v) is 5.42. The van der Waals surface area contributed by atoms with Gasteiger partial charge in [-0.15, -0.1) is 13.2 Å². The minimum absolute atomic E-state index is 0.297. The van der Waals surface area contributed by atoms with E-state index in [1.165, 1.54) is 38.5 Å². The van der Waals surface area contributed by atoms with Crippen LogP contribution in [0.1, 0.15) is 92.9 Å². The van der Waals surface area contributed by atoms with Crippen LogP contribution >= 0.6 is 0 Å². The molecule has 184 valence electrons. The van der Waals surface area contributed by atoms with Crippen molar-refractivity contribution in [2.24, 2.45) is 5.92 Å². The first-order chi connectivity index (χ1) is 16.2. The van der Waals surface area contributed by atoms with Crippen LogP contribution in [0, 0.1) is 17.6 Å². The summed E-state index contributed by atoms with van der Waals surface area (Å²) in [6.45, 7) is 2.22. The first kappa shape index (κ1) is 24.7. The fraction of sp³-hybridized carbons (Fsp3) is 0.500. The Morgan fingerprint density at radius 2 is 1.68 bits per heavy atom. The molecule has 0 N–H and O–H groups in total. The number of benzene rings is 2. The number of aryl methyl sites for hydroxylation is 1. The van der Waals surface area contributed by atoms with E-state index in [4.69, 9.17) is 0 Å². The van der Waals surface area contributed by atoms with E-state index >= 15 is 4.39 Å². The van der Waals surface area contributed by atoms with Crippen LogP contribution in [-0.4, -0.2) is 6.36 Å². The Labute approximate surface area is 198 Å². The normalized spacial score (nSPS) is 20.6. The van der Waals surface area contributed by atoms with Crippen LogP contribution in [0.5, 0.6) is 5.75 Å². The van der Waals surface area contributed by atoms with Crippen molar-refractivity contribution in [2.75, 3.05) is 0 Å². The third-order valence-corrected chi connectivity index (χ3v) is 7.29. The van der Waals surface area contributed by atoms with Gasteiger partial charge in [-0.05, 0) is 90.8 Å². The number of fused-ring (bicyclic) bond motifs is 1. The van der Waals surface area contributed by atoms with Crippen LogP contribution in [0.2, 0.25) is 0 Å². The summed E-state index contributed by atoms with van der Waals surface area (Å²) in [6.07, 6.45) is 7.28. The van der Waals surface area contributed by atoms with E-state index in [1.54, 1.807) is 18.2 Å². The molecule has 34 heavy (non-hydrogen) atoms. The van der Waals surface area contributed by atoms with E-state index < -0.39 is 17.9 Å². The van der Waals surface area contributed by atoms with Crippen molar-refractivity contribution in [1.82, 2.24) is 0 Å². The van der Waals surface area contributed by atoms with Crippen molar-refractivity contribution in [1.29, 1.82) is 0 Å². The highest BCUT2D eigenvalue weighted by Crippen LogP contribution is 2.40. The number of rotatable bonds is 7. The van der Waals surface area contributed by atoms with Gasteiger partial charge in [-0.3, -0.25) is 0 Å². The zero-order valence-electron chi connectivity index (χ0n) is 19.5. The lowest BCUT2D eigenvalue weighted by Crippen LogP contribution is -2.18. The third kappa shape index (κ3) is 6.00. The summed E-state index contributed by atoms with van der Waals surface area (Å²) in [5.41, 5.74) is 3.24. The van der Waals surface area contributed by atoms with Gasteiger partial charge in [0.2, 0.25) is 0 Å². The molecule has 2 aliphatic carbocycles. The second-order valence-electron chi connectivity index (χ2n) is 9.65. The highest BCUT2D eigenvalue weighted by molar-refractivity contribution is 5.85. The molecule has 0 saturated heterocycles. The number of halogens is 5. The predicted molar refractivity (Wildman–Crippen MR) is 125 cm³/mol. The van der Waals surface area contributed by atoms with Crippen LogP contribution in [0.4, 0.5) is 22.0 Å². The van der Waals surface area contributed by atoms with E-state index in [-0.39, 0.29) is 5.82 Å². The lowest BCUT2D eigenvalue weighted by molar-refractivity contribution is -0.275. The molecule has 2 aromatic carbocycles. The van der Waals surface area contributed by atoms with Crippen molar-refractivity contribution in [3.8, 4) is 5.75 Å². The van der Waals surface area contributed by atoms with E-state index in [0.29, 0.717) is 35.4 Å². The molecule has 0 aromatic heterocycles. The van der Waals surface area contributed by atoms with Gasteiger partial charge in [0.1, 0.15) is 5.82 Å². The van der Waals surface area contributed by atoms with Crippen LogP contribution in [0.25, 0.3) is 11.6 Å². The number of hydrogen-bond donors (Lipinski definition) is 0. The van der Waals surface area contributed by atoms with Gasteiger partial charge < -0.3 is 4.74 Å². The summed E-state index contributed by atoms with van der Waals surface area (Å²) in [5, 5.41) is 0. The summed E-state index contributed by atoms with van der Waals surface area (Å²) in [5.74, 6) is -1.04. The van der Waals surface area contributed by atoms with Gasteiger partial charge in [0.25, 0.3) is 0 Å². The first-order valence-corrected chi connectivity index (χ1v) is 12.3. The maximum absolute atomic E-state index is 15.1. The van der Waals surface area contributed by atoms with E-state index in [0.717, 1.165) is 42.0 Å². The van der Waals surface area contributed by atoms with Gasteiger partial charge in [-0.2, -0.15) is 0 Å². The van der Waals surface area contributed by atoms with Crippen molar-refractivity contribution in [2.45, 2.75) is 83.4 Å². The van der Waals surface area contributed by atoms with Crippen LogP contribution in [-0.2, 0) is 6.42 Å². The number of ether oxygens (including phenoxy) is 1. The third-order valence-electron chi connectivity index (χ3n) is 7.29. The average Bonchev–Trinajstić information content (AvgIpc) is 2.79. The minimum Gasteiger partial charge on any atom is -0.403 e. The molecule has 0 aliphatic heterocycles. The zero-order chi connectivity index (χ0) is 24.3. The number of alkyl halides is 3. The van der Waals surface area contributed by atoms with Crippen LogP contribution in [0.15, 0.2) is 30.3 Å². The fourth-order valence-electron chi connectivity index (χ4n) is 5.42. The molecule has 0 bridgehead atoms. The quantitative estimate of drug-likeness (QED) is 0.285. The molecule has 2 aliphatic rings. The molecular formula is C28H31F5O. The summed E-state index contributed by atoms with van der Waals surface area (Å²) in [4.78, 5) is 0. The lowest BCUT2D eigenvalue weighted by Gasteiger charge is -2.29. The molecule has 0 atom stereocenters. The smallest absolute Gasteiger partial charge is 0.403 e. The van der Waals surface area contributed by atoms with Crippen molar-refractivity contribution in [3.63, 3.8) is 0 Å². The Hall–Kier alpha value is -2.37. The molecule has 4 rings (SSSR count). The Morgan fingerprint density at radius 1 is 0.912 bits per heavy atom. The highest BCUT2D eigenvalue weighted by atomic mass is 19.4. The summed E-state index contributed by atoms with van der Waals surface area (Å²) >= 11 is 0.